The highest BCUT2D eigenvalue weighted by Gasteiger charge is 2.08. The van der Waals surface area contributed by atoms with Gasteiger partial charge in [0.05, 0.1) is 6.54 Å². The number of aliphatic imine (C=N–C) groups is 1. The lowest BCUT2D eigenvalue weighted by Crippen LogP contribution is -2.39. The van der Waals surface area contributed by atoms with Crippen molar-refractivity contribution in [2.24, 2.45) is 12.0 Å². The molecule has 1 heterocycles. The monoisotopic (exact) mass is 476 g/mol. The van der Waals surface area contributed by atoms with Gasteiger partial charge in [-0.1, -0.05) is 18.2 Å². The van der Waals surface area contributed by atoms with E-state index in [2.05, 4.69) is 25.8 Å². The van der Waals surface area contributed by atoms with Gasteiger partial charge in [0.2, 0.25) is 0 Å². The standard InChI is InChI=1S/C18H25FN4S.HI/c1-20-18(23(3)13-16-8-6-11-22(16)2)21-10-12-24-14-15-7-4-5-9-17(15)19;/h4-9,11H,10,12-14H2,1-3H3,(H,20,21);1H. The summed E-state index contributed by atoms with van der Waals surface area (Å²) in [5.41, 5.74) is 1.99. The molecule has 0 aliphatic carbocycles. The maximum Gasteiger partial charge on any atom is 0.193 e. The number of aryl methyl sites for hydroxylation is 1. The molecule has 0 amide bonds. The molecule has 0 saturated heterocycles. The van der Waals surface area contributed by atoms with Crippen LogP contribution >= 0.6 is 35.7 Å². The largest absolute Gasteiger partial charge is 0.355 e. The Bertz CT molecular complexity index is 675. The molecule has 0 unspecified atom stereocenters. The number of hydrogen-bond acceptors (Lipinski definition) is 2. The van der Waals surface area contributed by atoms with E-state index in [1.807, 2.05) is 38.5 Å². The van der Waals surface area contributed by atoms with Gasteiger partial charge in [0.1, 0.15) is 5.82 Å². The van der Waals surface area contributed by atoms with Gasteiger partial charge in [-0.3, -0.25) is 4.99 Å². The van der Waals surface area contributed by atoms with Gasteiger partial charge in [-0.2, -0.15) is 11.8 Å². The zero-order valence-corrected chi connectivity index (χ0v) is 18.1. The van der Waals surface area contributed by atoms with Crippen LogP contribution in [-0.4, -0.2) is 41.8 Å². The number of guanidine groups is 1. The Balaban J connectivity index is 0.00000312. The summed E-state index contributed by atoms with van der Waals surface area (Å²) in [7, 11) is 5.85. The van der Waals surface area contributed by atoms with Crippen molar-refractivity contribution in [1.82, 2.24) is 14.8 Å². The van der Waals surface area contributed by atoms with Crippen molar-refractivity contribution < 1.29 is 4.39 Å². The molecule has 4 nitrogen and oxygen atoms in total. The second-order valence-electron chi connectivity index (χ2n) is 5.58. The molecule has 0 fully saturated rings. The van der Waals surface area contributed by atoms with Crippen LogP contribution in [0.2, 0.25) is 0 Å². The zero-order chi connectivity index (χ0) is 17.4. The highest BCUT2D eigenvalue weighted by atomic mass is 127. The van der Waals surface area contributed by atoms with Crippen molar-refractivity contribution >= 4 is 41.7 Å². The summed E-state index contributed by atoms with van der Waals surface area (Å²) < 4.78 is 15.6. The predicted molar refractivity (Wildman–Crippen MR) is 116 cm³/mol. The molecule has 2 rings (SSSR count). The number of benzene rings is 1. The number of thioether (sulfide) groups is 1. The first kappa shape index (κ1) is 21.8. The second kappa shape index (κ2) is 11.4. The van der Waals surface area contributed by atoms with Crippen molar-refractivity contribution in [2.45, 2.75) is 12.3 Å². The van der Waals surface area contributed by atoms with Crippen molar-refractivity contribution in [3.63, 3.8) is 0 Å². The molecule has 25 heavy (non-hydrogen) atoms. The van der Waals surface area contributed by atoms with Crippen molar-refractivity contribution in [3.05, 3.63) is 59.7 Å². The SMILES string of the molecule is CN=C(NCCSCc1ccccc1F)N(C)Cc1cccn1C.I. The third-order valence-corrected chi connectivity index (χ3v) is 4.78. The smallest absolute Gasteiger partial charge is 0.193 e. The van der Waals surface area contributed by atoms with E-state index in [1.165, 1.54) is 11.8 Å². The summed E-state index contributed by atoms with van der Waals surface area (Å²) >= 11 is 1.71. The Hall–Kier alpha value is -1.22. The minimum atomic E-state index is -0.129. The number of nitrogens with one attached hydrogen (secondary N) is 1. The van der Waals surface area contributed by atoms with Crippen molar-refractivity contribution in [3.8, 4) is 0 Å². The third kappa shape index (κ3) is 6.89. The van der Waals surface area contributed by atoms with Gasteiger partial charge in [0.15, 0.2) is 5.96 Å². The third-order valence-electron chi connectivity index (χ3n) is 3.77. The molecule has 0 atom stereocenters. The first-order chi connectivity index (χ1) is 11.6. The summed E-state index contributed by atoms with van der Waals surface area (Å²) in [5.74, 6) is 2.32. The quantitative estimate of drug-likeness (QED) is 0.286. The average Bonchev–Trinajstić information content (AvgIpc) is 2.97. The molecule has 0 saturated carbocycles. The molecular formula is C18H26FIN4S. The van der Waals surface area contributed by atoms with Gasteiger partial charge in [0, 0.05) is 51.1 Å². The summed E-state index contributed by atoms with van der Waals surface area (Å²) in [6.07, 6.45) is 2.04. The number of nitrogens with zero attached hydrogens (tertiary/aromatic N) is 3. The Labute approximate surface area is 170 Å². The van der Waals surface area contributed by atoms with Gasteiger partial charge >= 0.3 is 0 Å². The molecule has 0 radical (unpaired) electrons. The van der Waals surface area contributed by atoms with Crippen LogP contribution in [-0.2, 0) is 19.3 Å². The highest BCUT2D eigenvalue weighted by molar-refractivity contribution is 14.0. The van der Waals surface area contributed by atoms with Crippen LogP contribution in [0.15, 0.2) is 47.6 Å². The van der Waals surface area contributed by atoms with E-state index >= 15 is 0 Å². The minimum Gasteiger partial charge on any atom is -0.355 e. The molecule has 1 aromatic carbocycles. The molecule has 2 aromatic rings. The van der Waals surface area contributed by atoms with Gasteiger partial charge in [0.25, 0.3) is 0 Å². The van der Waals surface area contributed by atoms with Crippen LogP contribution in [0.25, 0.3) is 0 Å². The molecule has 1 N–H and O–H groups in total. The molecule has 1 aromatic heterocycles. The minimum absolute atomic E-state index is 0. The van der Waals surface area contributed by atoms with E-state index in [0.29, 0.717) is 5.75 Å². The van der Waals surface area contributed by atoms with E-state index in [4.69, 9.17) is 0 Å². The van der Waals surface area contributed by atoms with Crippen LogP contribution in [0, 0.1) is 5.82 Å². The molecule has 0 aliphatic rings. The van der Waals surface area contributed by atoms with Crippen molar-refractivity contribution in [2.75, 3.05) is 26.4 Å². The van der Waals surface area contributed by atoms with Crippen LogP contribution in [0.4, 0.5) is 4.39 Å². The Kier molecular flexibility index (Phi) is 9.96. The molecular weight excluding hydrogens is 450 g/mol. The van der Waals surface area contributed by atoms with Gasteiger partial charge < -0.3 is 14.8 Å². The molecule has 138 valence electrons. The number of halogens is 2. The van der Waals surface area contributed by atoms with Gasteiger partial charge in [-0.25, -0.2) is 4.39 Å². The lowest BCUT2D eigenvalue weighted by atomic mass is 10.2. The fourth-order valence-corrected chi connectivity index (χ4v) is 3.24. The van der Waals surface area contributed by atoms with Crippen LogP contribution in [0.3, 0.4) is 0 Å². The normalized spacial score (nSPS) is 11.1. The maximum atomic E-state index is 13.5. The highest BCUT2D eigenvalue weighted by Crippen LogP contribution is 2.14. The van der Waals surface area contributed by atoms with Crippen LogP contribution in [0.1, 0.15) is 11.3 Å². The van der Waals surface area contributed by atoms with Crippen LogP contribution < -0.4 is 5.32 Å². The topological polar surface area (TPSA) is 32.6 Å². The van der Waals surface area contributed by atoms with E-state index < -0.39 is 0 Å². The summed E-state index contributed by atoms with van der Waals surface area (Å²) in [4.78, 5) is 6.42. The summed E-state index contributed by atoms with van der Waals surface area (Å²) in [6, 6.07) is 11.1. The van der Waals surface area contributed by atoms with E-state index in [0.717, 1.165) is 30.4 Å². The Morgan fingerprint density at radius 2 is 2.04 bits per heavy atom. The second-order valence-corrected chi connectivity index (χ2v) is 6.69. The predicted octanol–water partition coefficient (Wildman–Crippen LogP) is 3.72. The Morgan fingerprint density at radius 3 is 2.68 bits per heavy atom. The Morgan fingerprint density at radius 1 is 1.28 bits per heavy atom. The average molecular weight is 476 g/mol. The first-order valence-electron chi connectivity index (χ1n) is 7.95. The summed E-state index contributed by atoms with van der Waals surface area (Å²) in [6.45, 7) is 1.59. The van der Waals surface area contributed by atoms with E-state index in [9.17, 15) is 4.39 Å². The molecule has 0 spiro atoms. The summed E-state index contributed by atoms with van der Waals surface area (Å²) in [5, 5.41) is 3.35. The maximum absolute atomic E-state index is 13.5. The molecule has 7 heteroatoms. The van der Waals surface area contributed by atoms with Gasteiger partial charge in [-0.05, 0) is 23.8 Å². The van der Waals surface area contributed by atoms with Crippen molar-refractivity contribution in [1.29, 1.82) is 0 Å². The number of hydrogen-bond donors (Lipinski definition) is 1. The van der Waals surface area contributed by atoms with Gasteiger partial charge in [-0.15, -0.1) is 24.0 Å². The lowest BCUT2D eigenvalue weighted by Gasteiger charge is -2.22. The molecule has 0 aliphatic heterocycles. The fourth-order valence-electron chi connectivity index (χ4n) is 2.40. The van der Waals surface area contributed by atoms with E-state index in [1.54, 1.807) is 24.9 Å². The number of rotatable bonds is 7. The lowest BCUT2D eigenvalue weighted by molar-refractivity contribution is 0.464. The van der Waals surface area contributed by atoms with Crippen LogP contribution in [0.5, 0.6) is 0 Å². The zero-order valence-electron chi connectivity index (χ0n) is 14.9. The van der Waals surface area contributed by atoms with E-state index in [-0.39, 0.29) is 29.8 Å². The number of aromatic nitrogens is 1. The molecule has 0 bridgehead atoms. The first-order valence-corrected chi connectivity index (χ1v) is 9.10. The fraction of sp³-hybridized carbons (Fsp3) is 0.389.